The Balaban J connectivity index is 1.75. The van der Waals surface area contributed by atoms with Crippen LogP contribution in [-0.2, 0) is 0 Å². The number of hydrogen-bond acceptors (Lipinski definition) is 5. The summed E-state index contributed by atoms with van der Waals surface area (Å²) in [5.41, 5.74) is 3.00. The monoisotopic (exact) mass is 376 g/mol. The Hall–Kier alpha value is -2.99. The van der Waals surface area contributed by atoms with Crippen LogP contribution in [0.25, 0.3) is 22.4 Å². The first-order valence-corrected chi connectivity index (χ1v) is 9.83. The third-order valence-corrected chi connectivity index (χ3v) is 5.56. The summed E-state index contributed by atoms with van der Waals surface area (Å²) < 4.78 is 2.25. The minimum atomic E-state index is -0.0772. The van der Waals surface area contributed by atoms with E-state index in [1.165, 1.54) is 17.0 Å². The second kappa shape index (κ2) is 7.32. The maximum Gasteiger partial charge on any atom is 0.276 e. The van der Waals surface area contributed by atoms with Crippen molar-refractivity contribution < 1.29 is 0 Å². The van der Waals surface area contributed by atoms with Crippen LogP contribution in [0.1, 0.15) is 19.4 Å². The minimum Gasteiger partial charge on any atom is -0.372 e. The third-order valence-electron chi connectivity index (χ3n) is 4.60. The zero-order chi connectivity index (χ0) is 18.8. The summed E-state index contributed by atoms with van der Waals surface area (Å²) in [6.07, 6.45) is 1.92. The lowest BCUT2D eigenvalue weighted by atomic mass is 10.2. The van der Waals surface area contributed by atoms with Gasteiger partial charge in [0.05, 0.1) is 4.53 Å². The van der Waals surface area contributed by atoms with E-state index < -0.39 is 0 Å². The molecule has 0 aliphatic rings. The second-order valence-electron chi connectivity index (χ2n) is 6.19. The Labute approximate surface area is 161 Å². The topological polar surface area (TPSA) is 50.5 Å². The molecule has 5 nitrogen and oxygen atoms in total. The van der Waals surface area contributed by atoms with Crippen LogP contribution in [0.2, 0.25) is 0 Å². The Kier molecular flexibility index (Phi) is 4.73. The van der Waals surface area contributed by atoms with E-state index in [0.29, 0.717) is 15.3 Å². The maximum absolute atomic E-state index is 12.9. The molecule has 0 atom stereocenters. The molecule has 0 N–H and O–H groups in total. The summed E-state index contributed by atoms with van der Waals surface area (Å²) in [5.74, 6) is 0.586. The lowest BCUT2D eigenvalue weighted by Gasteiger charge is -2.20. The predicted molar refractivity (Wildman–Crippen MR) is 111 cm³/mol. The van der Waals surface area contributed by atoms with Crippen LogP contribution in [0.4, 0.5) is 5.69 Å². The summed E-state index contributed by atoms with van der Waals surface area (Å²) in [6.45, 7) is 6.24. The molecule has 0 amide bonds. The SMILES string of the molecule is CCN(CC)c1ccc(C=c2sc3nnc(-c4ccccc4)n3c2=O)cc1. The van der Waals surface area contributed by atoms with Crippen LogP contribution in [0, 0.1) is 0 Å². The van der Waals surface area contributed by atoms with Gasteiger partial charge in [-0.2, -0.15) is 0 Å². The number of benzene rings is 2. The minimum absolute atomic E-state index is 0.0772. The number of thiazole rings is 1. The normalized spacial score (nSPS) is 12.0. The van der Waals surface area contributed by atoms with Crippen molar-refractivity contribution in [2.24, 2.45) is 0 Å². The van der Waals surface area contributed by atoms with Crippen molar-refractivity contribution in [3.8, 4) is 11.4 Å². The van der Waals surface area contributed by atoms with Gasteiger partial charge in [-0.25, -0.2) is 4.40 Å². The van der Waals surface area contributed by atoms with Gasteiger partial charge in [0.15, 0.2) is 5.82 Å². The molecule has 0 bridgehead atoms. The van der Waals surface area contributed by atoms with E-state index in [0.717, 1.165) is 24.2 Å². The number of rotatable bonds is 5. The zero-order valence-corrected chi connectivity index (χ0v) is 16.1. The van der Waals surface area contributed by atoms with E-state index in [1.807, 2.05) is 48.5 Å². The summed E-state index contributed by atoms with van der Waals surface area (Å²) in [7, 11) is 0. The van der Waals surface area contributed by atoms with Crippen LogP contribution in [0.3, 0.4) is 0 Å². The van der Waals surface area contributed by atoms with Crippen molar-refractivity contribution >= 4 is 28.1 Å². The molecule has 0 saturated carbocycles. The van der Waals surface area contributed by atoms with Gasteiger partial charge in [0.1, 0.15) is 0 Å². The van der Waals surface area contributed by atoms with Crippen LogP contribution in [-0.4, -0.2) is 27.7 Å². The average molecular weight is 376 g/mol. The molecule has 0 aliphatic carbocycles. The predicted octanol–water partition coefficient (Wildman–Crippen LogP) is 3.21. The quantitative estimate of drug-likeness (QED) is 0.537. The van der Waals surface area contributed by atoms with Crippen LogP contribution < -0.4 is 15.0 Å². The van der Waals surface area contributed by atoms with E-state index in [1.54, 1.807) is 4.40 Å². The largest absolute Gasteiger partial charge is 0.372 e. The molecule has 4 aromatic rings. The molecular weight excluding hydrogens is 356 g/mol. The highest BCUT2D eigenvalue weighted by Crippen LogP contribution is 2.18. The van der Waals surface area contributed by atoms with Crippen LogP contribution in [0.5, 0.6) is 0 Å². The van der Waals surface area contributed by atoms with E-state index in [4.69, 9.17) is 0 Å². The van der Waals surface area contributed by atoms with E-state index in [9.17, 15) is 4.79 Å². The highest BCUT2D eigenvalue weighted by Gasteiger charge is 2.13. The molecule has 0 saturated heterocycles. The van der Waals surface area contributed by atoms with Gasteiger partial charge in [-0.05, 0) is 37.6 Å². The van der Waals surface area contributed by atoms with Crippen molar-refractivity contribution in [3.63, 3.8) is 0 Å². The Bertz CT molecular complexity index is 1160. The molecule has 0 unspecified atom stereocenters. The van der Waals surface area contributed by atoms with Gasteiger partial charge >= 0.3 is 0 Å². The van der Waals surface area contributed by atoms with Crippen molar-refractivity contribution in [2.45, 2.75) is 13.8 Å². The first-order valence-electron chi connectivity index (χ1n) is 9.01. The molecule has 27 heavy (non-hydrogen) atoms. The maximum atomic E-state index is 12.9. The number of fused-ring (bicyclic) bond motifs is 1. The zero-order valence-electron chi connectivity index (χ0n) is 15.3. The molecule has 2 aromatic carbocycles. The van der Waals surface area contributed by atoms with Crippen molar-refractivity contribution in [1.29, 1.82) is 0 Å². The van der Waals surface area contributed by atoms with Gasteiger partial charge in [-0.15, -0.1) is 10.2 Å². The smallest absolute Gasteiger partial charge is 0.276 e. The number of aromatic nitrogens is 3. The molecule has 0 aliphatic heterocycles. The van der Waals surface area contributed by atoms with E-state index in [2.05, 4.69) is 41.1 Å². The molecule has 0 fully saturated rings. The van der Waals surface area contributed by atoms with E-state index in [-0.39, 0.29) is 5.56 Å². The lowest BCUT2D eigenvalue weighted by Crippen LogP contribution is -2.23. The van der Waals surface area contributed by atoms with Crippen molar-refractivity contribution in [1.82, 2.24) is 14.6 Å². The number of hydrogen-bond donors (Lipinski definition) is 0. The van der Waals surface area contributed by atoms with Gasteiger partial charge in [0.25, 0.3) is 5.56 Å². The van der Waals surface area contributed by atoms with Crippen molar-refractivity contribution in [3.05, 3.63) is 75.0 Å². The summed E-state index contributed by atoms with van der Waals surface area (Å²) in [4.78, 5) is 15.8. The average Bonchev–Trinajstić information content (AvgIpc) is 3.25. The first kappa shape index (κ1) is 17.4. The lowest BCUT2D eigenvalue weighted by molar-refractivity contribution is 0.866. The van der Waals surface area contributed by atoms with Crippen LogP contribution >= 0.6 is 11.3 Å². The fourth-order valence-electron chi connectivity index (χ4n) is 3.16. The summed E-state index contributed by atoms with van der Waals surface area (Å²) in [5, 5.41) is 8.37. The molecule has 2 aromatic heterocycles. The van der Waals surface area contributed by atoms with Crippen molar-refractivity contribution in [2.75, 3.05) is 18.0 Å². The third kappa shape index (κ3) is 3.24. The fourth-order valence-corrected chi connectivity index (χ4v) is 4.07. The summed E-state index contributed by atoms with van der Waals surface area (Å²) >= 11 is 1.36. The Morgan fingerprint density at radius 3 is 2.37 bits per heavy atom. The number of nitrogens with zero attached hydrogens (tertiary/aromatic N) is 4. The molecule has 0 spiro atoms. The first-order chi connectivity index (χ1) is 13.2. The molecule has 0 radical (unpaired) electrons. The number of anilines is 1. The molecule has 2 heterocycles. The highest BCUT2D eigenvalue weighted by atomic mass is 32.1. The summed E-state index contributed by atoms with van der Waals surface area (Å²) in [6, 6.07) is 17.9. The highest BCUT2D eigenvalue weighted by molar-refractivity contribution is 7.15. The Morgan fingerprint density at radius 2 is 1.70 bits per heavy atom. The molecule has 6 heteroatoms. The van der Waals surface area contributed by atoms with Gasteiger partial charge in [-0.3, -0.25) is 4.79 Å². The molecular formula is C21H20N4OS. The van der Waals surface area contributed by atoms with E-state index >= 15 is 0 Å². The van der Waals surface area contributed by atoms with Gasteiger partial charge in [0.2, 0.25) is 4.96 Å². The second-order valence-corrected chi connectivity index (χ2v) is 7.20. The van der Waals surface area contributed by atoms with Crippen LogP contribution in [0.15, 0.2) is 59.4 Å². The fraction of sp³-hybridized carbons (Fsp3) is 0.190. The van der Waals surface area contributed by atoms with Gasteiger partial charge in [-0.1, -0.05) is 53.8 Å². The standard InChI is InChI=1S/C21H20N4OS/c1-3-24(4-2)17-12-10-15(11-13-17)14-18-20(26)25-19(22-23-21(25)27-18)16-8-6-5-7-9-16/h5-14H,3-4H2,1-2H3. The Morgan fingerprint density at radius 1 is 1.00 bits per heavy atom. The molecule has 136 valence electrons. The van der Waals surface area contributed by atoms with Gasteiger partial charge < -0.3 is 4.90 Å². The molecule has 4 rings (SSSR count). The van der Waals surface area contributed by atoms with Gasteiger partial charge in [0, 0.05) is 24.3 Å².